The smallest absolute Gasteiger partial charge is 0.122 e. The molecule has 0 saturated carbocycles. The molecule has 1 aromatic carbocycles. The van der Waals surface area contributed by atoms with Crippen molar-refractivity contribution in [2.45, 2.75) is 19.3 Å². The lowest BCUT2D eigenvalue weighted by molar-refractivity contribution is 0.356. The average Bonchev–Trinajstić information content (AvgIpc) is 2.61. The maximum absolute atomic E-state index is 5.64. The summed E-state index contributed by atoms with van der Waals surface area (Å²) in [7, 11) is 0. The van der Waals surface area contributed by atoms with Gasteiger partial charge in [-0.05, 0) is 30.0 Å². The quantitative estimate of drug-likeness (QED) is 0.676. The molecular formula is C11H13ClO. The summed E-state index contributed by atoms with van der Waals surface area (Å²) in [6.07, 6.45) is 3.16. The topological polar surface area (TPSA) is 9.23 Å². The van der Waals surface area contributed by atoms with Crippen LogP contribution in [0.4, 0.5) is 0 Å². The summed E-state index contributed by atoms with van der Waals surface area (Å²) in [4.78, 5) is 0. The fraction of sp³-hybridized carbons (Fsp3) is 0.455. The van der Waals surface area contributed by atoms with Crippen LogP contribution in [-0.2, 0) is 12.8 Å². The number of halogens is 1. The zero-order chi connectivity index (χ0) is 9.10. The Bertz CT molecular complexity index is 296. The van der Waals surface area contributed by atoms with Crippen LogP contribution in [0.1, 0.15) is 17.5 Å². The zero-order valence-corrected chi connectivity index (χ0v) is 8.31. The molecule has 0 aliphatic carbocycles. The van der Waals surface area contributed by atoms with Crippen molar-refractivity contribution in [1.29, 1.82) is 0 Å². The molecule has 0 amide bonds. The van der Waals surface area contributed by atoms with Crippen molar-refractivity contribution in [1.82, 2.24) is 0 Å². The highest BCUT2D eigenvalue weighted by Crippen LogP contribution is 2.26. The highest BCUT2D eigenvalue weighted by atomic mass is 35.5. The summed E-state index contributed by atoms with van der Waals surface area (Å²) in [5, 5.41) is 0. The van der Waals surface area contributed by atoms with E-state index in [2.05, 4.69) is 18.2 Å². The zero-order valence-electron chi connectivity index (χ0n) is 7.55. The Morgan fingerprint density at radius 2 is 2.31 bits per heavy atom. The third kappa shape index (κ3) is 1.97. The summed E-state index contributed by atoms with van der Waals surface area (Å²) in [5.74, 6) is 1.81. The average molecular weight is 197 g/mol. The van der Waals surface area contributed by atoms with Crippen LogP contribution < -0.4 is 4.74 Å². The molecule has 0 radical (unpaired) electrons. The molecule has 13 heavy (non-hydrogen) atoms. The van der Waals surface area contributed by atoms with E-state index < -0.39 is 0 Å². The van der Waals surface area contributed by atoms with E-state index >= 15 is 0 Å². The number of hydrogen-bond donors (Lipinski definition) is 0. The molecule has 1 nitrogen and oxygen atoms in total. The number of benzene rings is 1. The monoisotopic (exact) mass is 196 g/mol. The Labute approximate surface area is 83.7 Å². The standard InChI is InChI=1S/C11H13ClO/c12-6-1-2-9-3-4-10-5-7-13-11(10)8-9/h3-4,8H,1-2,5-7H2. The first-order valence-electron chi connectivity index (χ1n) is 4.71. The molecule has 0 fully saturated rings. The molecule has 0 atom stereocenters. The summed E-state index contributed by atoms with van der Waals surface area (Å²) < 4.78 is 5.49. The van der Waals surface area contributed by atoms with Crippen molar-refractivity contribution in [3.8, 4) is 5.75 Å². The molecular weight excluding hydrogens is 184 g/mol. The van der Waals surface area contributed by atoms with Gasteiger partial charge in [-0.15, -0.1) is 11.6 Å². The van der Waals surface area contributed by atoms with Gasteiger partial charge in [-0.3, -0.25) is 0 Å². The maximum Gasteiger partial charge on any atom is 0.122 e. The van der Waals surface area contributed by atoms with Gasteiger partial charge in [0.2, 0.25) is 0 Å². The Balaban J connectivity index is 2.12. The minimum atomic E-state index is 0.734. The first-order chi connectivity index (χ1) is 6.40. The fourth-order valence-electron chi connectivity index (χ4n) is 1.64. The SMILES string of the molecule is ClCCCc1ccc2c(c1)OCC2. The summed E-state index contributed by atoms with van der Waals surface area (Å²) in [5.41, 5.74) is 2.68. The number of alkyl halides is 1. The van der Waals surface area contributed by atoms with E-state index in [0.717, 1.165) is 37.5 Å². The largest absolute Gasteiger partial charge is 0.493 e. The van der Waals surface area contributed by atoms with Gasteiger partial charge in [-0.1, -0.05) is 12.1 Å². The van der Waals surface area contributed by atoms with Crippen molar-refractivity contribution in [3.05, 3.63) is 29.3 Å². The van der Waals surface area contributed by atoms with E-state index in [0.29, 0.717) is 0 Å². The lowest BCUT2D eigenvalue weighted by Gasteiger charge is -2.02. The van der Waals surface area contributed by atoms with Crippen LogP contribution in [0.2, 0.25) is 0 Å². The van der Waals surface area contributed by atoms with Crippen LogP contribution >= 0.6 is 11.6 Å². The highest BCUT2D eigenvalue weighted by Gasteiger charge is 2.11. The molecule has 70 valence electrons. The van der Waals surface area contributed by atoms with Crippen molar-refractivity contribution in [3.63, 3.8) is 0 Å². The van der Waals surface area contributed by atoms with Gasteiger partial charge < -0.3 is 4.74 Å². The van der Waals surface area contributed by atoms with Crippen LogP contribution in [0.15, 0.2) is 18.2 Å². The number of ether oxygens (including phenoxy) is 1. The Hall–Kier alpha value is -0.690. The van der Waals surface area contributed by atoms with Gasteiger partial charge in [-0.25, -0.2) is 0 Å². The van der Waals surface area contributed by atoms with Crippen molar-refractivity contribution >= 4 is 11.6 Å². The number of aryl methyl sites for hydroxylation is 1. The molecule has 2 heteroatoms. The normalized spacial score (nSPS) is 13.9. The molecule has 2 rings (SSSR count). The Morgan fingerprint density at radius 1 is 1.38 bits per heavy atom. The molecule has 1 aliphatic rings. The molecule has 0 bridgehead atoms. The fourth-order valence-corrected chi connectivity index (χ4v) is 1.77. The van der Waals surface area contributed by atoms with Crippen molar-refractivity contribution in [2.75, 3.05) is 12.5 Å². The Morgan fingerprint density at radius 3 is 3.15 bits per heavy atom. The van der Waals surface area contributed by atoms with E-state index in [-0.39, 0.29) is 0 Å². The second kappa shape index (κ2) is 4.01. The molecule has 1 aliphatic heterocycles. The minimum Gasteiger partial charge on any atom is -0.493 e. The molecule has 0 unspecified atom stereocenters. The van der Waals surface area contributed by atoms with Gasteiger partial charge in [0.1, 0.15) is 5.75 Å². The summed E-state index contributed by atoms with van der Waals surface area (Å²) in [6.45, 7) is 0.842. The Kier molecular flexibility index (Phi) is 2.74. The number of rotatable bonds is 3. The lowest BCUT2D eigenvalue weighted by Crippen LogP contribution is -1.88. The predicted molar refractivity (Wildman–Crippen MR) is 54.7 cm³/mol. The van der Waals surface area contributed by atoms with E-state index in [1.165, 1.54) is 11.1 Å². The number of fused-ring (bicyclic) bond motifs is 1. The molecule has 1 aromatic rings. The van der Waals surface area contributed by atoms with Crippen LogP contribution in [-0.4, -0.2) is 12.5 Å². The van der Waals surface area contributed by atoms with Gasteiger partial charge in [-0.2, -0.15) is 0 Å². The van der Waals surface area contributed by atoms with Crippen molar-refractivity contribution in [2.24, 2.45) is 0 Å². The third-order valence-corrected chi connectivity index (χ3v) is 2.63. The molecule has 0 spiro atoms. The van der Waals surface area contributed by atoms with Crippen LogP contribution in [0, 0.1) is 0 Å². The van der Waals surface area contributed by atoms with Gasteiger partial charge in [0.05, 0.1) is 6.61 Å². The van der Waals surface area contributed by atoms with Crippen LogP contribution in [0.3, 0.4) is 0 Å². The summed E-state index contributed by atoms with van der Waals surface area (Å²) >= 11 is 5.64. The van der Waals surface area contributed by atoms with Crippen molar-refractivity contribution < 1.29 is 4.74 Å². The highest BCUT2D eigenvalue weighted by molar-refractivity contribution is 6.17. The van der Waals surface area contributed by atoms with Crippen LogP contribution in [0.25, 0.3) is 0 Å². The van der Waals surface area contributed by atoms with Gasteiger partial charge >= 0.3 is 0 Å². The van der Waals surface area contributed by atoms with E-state index in [1.54, 1.807) is 0 Å². The second-order valence-corrected chi connectivity index (χ2v) is 3.71. The molecule has 0 aromatic heterocycles. The molecule has 0 saturated heterocycles. The van der Waals surface area contributed by atoms with Crippen LogP contribution in [0.5, 0.6) is 5.75 Å². The maximum atomic E-state index is 5.64. The van der Waals surface area contributed by atoms with E-state index in [9.17, 15) is 0 Å². The second-order valence-electron chi connectivity index (χ2n) is 3.33. The predicted octanol–water partition coefficient (Wildman–Crippen LogP) is 2.79. The number of hydrogen-bond acceptors (Lipinski definition) is 1. The minimum absolute atomic E-state index is 0.734. The molecule has 0 N–H and O–H groups in total. The summed E-state index contributed by atoms with van der Waals surface area (Å²) in [6, 6.07) is 6.50. The van der Waals surface area contributed by atoms with Gasteiger partial charge in [0.25, 0.3) is 0 Å². The van der Waals surface area contributed by atoms with E-state index in [4.69, 9.17) is 16.3 Å². The van der Waals surface area contributed by atoms with Gasteiger partial charge in [0, 0.05) is 12.3 Å². The lowest BCUT2D eigenvalue weighted by atomic mass is 10.1. The first kappa shape index (κ1) is 8.89. The van der Waals surface area contributed by atoms with E-state index in [1.807, 2.05) is 0 Å². The first-order valence-corrected chi connectivity index (χ1v) is 5.24. The van der Waals surface area contributed by atoms with Gasteiger partial charge in [0.15, 0.2) is 0 Å². The molecule has 1 heterocycles. The third-order valence-electron chi connectivity index (χ3n) is 2.36.